The van der Waals surface area contributed by atoms with Crippen LogP contribution in [-0.2, 0) is 16.1 Å². The Kier molecular flexibility index (Phi) is 7.77. The van der Waals surface area contributed by atoms with E-state index in [2.05, 4.69) is 42.3 Å². The molecule has 1 amide bonds. The first-order valence-electron chi connectivity index (χ1n) is 11.3. The number of methoxy groups -OCH3 is 1. The summed E-state index contributed by atoms with van der Waals surface area (Å²) in [6.45, 7) is 8.21. The fraction of sp³-hybridized carbons (Fsp3) is 0.708. The zero-order chi connectivity index (χ0) is 21.7. The molecular weight excluding hydrogens is 378 g/mol. The van der Waals surface area contributed by atoms with E-state index in [1.165, 1.54) is 24.0 Å². The van der Waals surface area contributed by atoms with Crippen LogP contribution in [0.25, 0.3) is 0 Å². The summed E-state index contributed by atoms with van der Waals surface area (Å²) in [5.41, 5.74) is 2.36. The fourth-order valence-corrected chi connectivity index (χ4v) is 4.77. The molecule has 2 atom stereocenters. The minimum Gasteiger partial charge on any atom is -0.496 e. The van der Waals surface area contributed by atoms with Crippen molar-refractivity contribution in [2.75, 3.05) is 47.4 Å². The lowest BCUT2D eigenvalue weighted by atomic mass is 9.78. The second-order valence-electron chi connectivity index (χ2n) is 9.32. The summed E-state index contributed by atoms with van der Waals surface area (Å²) in [7, 11) is 5.36. The van der Waals surface area contributed by atoms with Crippen LogP contribution in [0.1, 0.15) is 56.6 Å². The van der Waals surface area contributed by atoms with E-state index in [-0.39, 0.29) is 17.6 Å². The first kappa shape index (κ1) is 23.0. The van der Waals surface area contributed by atoms with Crippen LogP contribution in [0.5, 0.6) is 5.75 Å². The molecule has 1 spiro atoms. The molecule has 6 heteroatoms. The molecule has 1 saturated carbocycles. The van der Waals surface area contributed by atoms with Gasteiger partial charge in [-0.1, -0.05) is 38.8 Å². The van der Waals surface area contributed by atoms with E-state index in [0.29, 0.717) is 12.5 Å². The molecule has 0 aromatic heterocycles. The molecule has 3 rings (SSSR count). The molecule has 1 heterocycles. The number of carbonyl (C=O) groups excluding carboxylic acids is 1. The number of likely N-dealkylation sites (N-methyl/N-ethyl adjacent to an activating group) is 1. The van der Waals surface area contributed by atoms with Crippen molar-refractivity contribution in [3.05, 3.63) is 29.3 Å². The smallest absolute Gasteiger partial charge is 0.236 e. The van der Waals surface area contributed by atoms with E-state index in [9.17, 15) is 4.79 Å². The molecule has 1 saturated heterocycles. The number of ether oxygens (including phenoxy) is 2. The van der Waals surface area contributed by atoms with Crippen molar-refractivity contribution < 1.29 is 14.3 Å². The molecule has 2 aliphatic rings. The number of carbonyl (C=O) groups is 1. The lowest BCUT2D eigenvalue weighted by Gasteiger charge is -2.50. The van der Waals surface area contributed by atoms with Crippen LogP contribution < -0.4 is 10.1 Å². The van der Waals surface area contributed by atoms with Gasteiger partial charge in [0.15, 0.2) is 0 Å². The molecule has 30 heavy (non-hydrogen) atoms. The predicted octanol–water partition coefficient (Wildman–Crippen LogP) is 3.01. The van der Waals surface area contributed by atoms with Gasteiger partial charge in [0.25, 0.3) is 0 Å². The molecule has 1 aliphatic carbocycles. The van der Waals surface area contributed by atoms with Gasteiger partial charge < -0.3 is 19.7 Å². The summed E-state index contributed by atoms with van der Waals surface area (Å²) in [5.74, 6) is 1.56. The van der Waals surface area contributed by atoms with Gasteiger partial charge in [-0.2, -0.15) is 0 Å². The zero-order valence-electron chi connectivity index (χ0n) is 19.4. The predicted molar refractivity (Wildman–Crippen MR) is 120 cm³/mol. The molecule has 1 aliphatic heterocycles. The molecule has 6 nitrogen and oxygen atoms in total. The van der Waals surface area contributed by atoms with Crippen LogP contribution in [0.2, 0.25) is 0 Å². The van der Waals surface area contributed by atoms with Gasteiger partial charge in [0.2, 0.25) is 5.91 Å². The van der Waals surface area contributed by atoms with Crippen LogP contribution in [0, 0.1) is 0 Å². The maximum Gasteiger partial charge on any atom is 0.236 e. The number of benzene rings is 1. The SMILES string of the molecule is COc1ccc(C(C)C)cc1CN1CCOC2(CCCCC2NCC(=O)N(C)C)C1. The van der Waals surface area contributed by atoms with Gasteiger partial charge in [0.05, 0.1) is 25.9 Å². The Hall–Kier alpha value is -1.63. The molecule has 1 N–H and O–H groups in total. The Bertz CT molecular complexity index is 718. The van der Waals surface area contributed by atoms with Gasteiger partial charge >= 0.3 is 0 Å². The lowest BCUT2D eigenvalue weighted by molar-refractivity contribution is -0.147. The van der Waals surface area contributed by atoms with Crippen molar-refractivity contribution in [1.82, 2.24) is 15.1 Å². The quantitative estimate of drug-likeness (QED) is 0.739. The van der Waals surface area contributed by atoms with E-state index in [0.717, 1.165) is 44.8 Å². The van der Waals surface area contributed by atoms with E-state index in [1.54, 1.807) is 26.1 Å². The van der Waals surface area contributed by atoms with Crippen LogP contribution in [0.3, 0.4) is 0 Å². The number of morpholine rings is 1. The first-order chi connectivity index (χ1) is 14.3. The number of nitrogens with zero attached hydrogens (tertiary/aromatic N) is 2. The van der Waals surface area contributed by atoms with Gasteiger partial charge in [-0.05, 0) is 30.4 Å². The Morgan fingerprint density at radius 3 is 2.87 bits per heavy atom. The average Bonchev–Trinajstić information content (AvgIpc) is 2.73. The molecule has 0 radical (unpaired) electrons. The van der Waals surface area contributed by atoms with E-state index < -0.39 is 0 Å². The van der Waals surface area contributed by atoms with Crippen LogP contribution >= 0.6 is 0 Å². The number of amides is 1. The summed E-state index contributed by atoms with van der Waals surface area (Å²) in [5, 5.41) is 3.53. The van der Waals surface area contributed by atoms with Crippen LogP contribution in [-0.4, -0.2) is 74.8 Å². The standard InChI is InChI=1S/C24H39N3O3/c1-18(2)19-9-10-21(29-5)20(14-19)16-27-12-13-30-24(17-27)11-7-6-8-22(24)25-15-23(28)26(3)4/h9-10,14,18,22,25H,6-8,11-13,15-17H2,1-5H3. The molecule has 2 unspecified atom stereocenters. The number of hydrogen-bond acceptors (Lipinski definition) is 5. The molecule has 168 valence electrons. The largest absolute Gasteiger partial charge is 0.496 e. The summed E-state index contributed by atoms with van der Waals surface area (Å²) in [4.78, 5) is 16.3. The Labute approximate surface area is 181 Å². The molecule has 2 fully saturated rings. The maximum atomic E-state index is 12.1. The van der Waals surface area contributed by atoms with E-state index in [1.807, 2.05) is 0 Å². The molecule has 1 aromatic carbocycles. The van der Waals surface area contributed by atoms with E-state index >= 15 is 0 Å². The monoisotopic (exact) mass is 417 g/mol. The van der Waals surface area contributed by atoms with Gasteiger partial charge in [-0.15, -0.1) is 0 Å². The lowest BCUT2D eigenvalue weighted by Crippen LogP contribution is -2.63. The van der Waals surface area contributed by atoms with Crippen molar-refractivity contribution in [1.29, 1.82) is 0 Å². The van der Waals surface area contributed by atoms with Crippen molar-refractivity contribution in [2.24, 2.45) is 0 Å². The summed E-state index contributed by atoms with van der Waals surface area (Å²) < 4.78 is 12.1. The Morgan fingerprint density at radius 2 is 2.17 bits per heavy atom. The fourth-order valence-electron chi connectivity index (χ4n) is 4.77. The highest BCUT2D eigenvalue weighted by atomic mass is 16.5. The Balaban J connectivity index is 1.73. The van der Waals surface area contributed by atoms with Gasteiger partial charge in [-0.3, -0.25) is 9.69 Å². The second kappa shape index (κ2) is 10.1. The van der Waals surface area contributed by atoms with Crippen LogP contribution in [0.15, 0.2) is 18.2 Å². The normalized spacial score (nSPS) is 24.9. The zero-order valence-corrected chi connectivity index (χ0v) is 19.4. The summed E-state index contributed by atoms with van der Waals surface area (Å²) in [6, 6.07) is 6.76. The number of rotatable bonds is 7. The van der Waals surface area contributed by atoms with Gasteiger partial charge in [0.1, 0.15) is 5.75 Å². The Morgan fingerprint density at radius 1 is 1.37 bits per heavy atom. The van der Waals surface area contributed by atoms with Crippen molar-refractivity contribution in [2.45, 2.75) is 63.6 Å². The van der Waals surface area contributed by atoms with E-state index in [4.69, 9.17) is 9.47 Å². The van der Waals surface area contributed by atoms with Gasteiger partial charge in [-0.25, -0.2) is 0 Å². The minimum absolute atomic E-state index is 0.110. The highest BCUT2D eigenvalue weighted by molar-refractivity contribution is 5.77. The minimum atomic E-state index is -0.216. The average molecular weight is 418 g/mol. The second-order valence-corrected chi connectivity index (χ2v) is 9.32. The van der Waals surface area contributed by atoms with Crippen LogP contribution in [0.4, 0.5) is 0 Å². The number of nitrogens with one attached hydrogen (secondary N) is 1. The molecule has 1 aromatic rings. The molecule has 0 bridgehead atoms. The highest BCUT2D eigenvalue weighted by Gasteiger charge is 2.45. The third-order valence-electron chi connectivity index (χ3n) is 6.63. The van der Waals surface area contributed by atoms with Gasteiger partial charge in [0, 0.05) is 45.3 Å². The van der Waals surface area contributed by atoms with Crippen molar-refractivity contribution in [3.8, 4) is 5.75 Å². The third-order valence-corrected chi connectivity index (χ3v) is 6.63. The van der Waals surface area contributed by atoms with Crippen molar-refractivity contribution in [3.63, 3.8) is 0 Å². The number of hydrogen-bond donors (Lipinski definition) is 1. The third kappa shape index (κ3) is 5.34. The first-order valence-corrected chi connectivity index (χ1v) is 11.3. The topological polar surface area (TPSA) is 54.0 Å². The summed E-state index contributed by atoms with van der Waals surface area (Å²) in [6.07, 6.45) is 4.46. The highest BCUT2D eigenvalue weighted by Crippen LogP contribution is 2.36. The molecular formula is C24H39N3O3. The maximum absolute atomic E-state index is 12.1. The summed E-state index contributed by atoms with van der Waals surface area (Å²) >= 11 is 0. The van der Waals surface area contributed by atoms with Crippen molar-refractivity contribution >= 4 is 5.91 Å².